The fraction of sp³-hybridized carbons (Fsp3) is 0.636. The second-order valence-corrected chi connectivity index (χ2v) is 4.73. The lowest BCUT2D eigenvalue weighted by molar-refractivity contribution is 0.310. The lowest BCUT2D eigenvalue weighted by Crippen LogP contribution is -2.34. The normalized spacial score (nSPS) is 17.1. The van der Waals surface area contributed by atoms with Crippen molar-refractivity contribution >= 4 is 0 Å². The molecule has 0 radical (unpaired) electrons. The van der Waals surface area contributed by atoms with E-state index in [0.29, 0.717) is 0 Å². The van der Waals surface area contributed by atoms with E-state index in [1.807, 2.05) is 11.9 Å². The maximum Gasteiger partial charge on any atom is 0.331 e. The molecule has 5 nitrogen and oxygen atoms in total. The maximum atomic E-state index is 13.2. The Hall–Kier alpha value is -1.59. The Labute approximate surface area is 96.9 Å². The Morgan fingerprint density at radius 1 is 1.47 bits per heavy atom. The van der Waals surface area contributed by atoms with Crippen LogP contribution in [-0.2, 0) is 6.54 Å². The first-order chi connectivity index (χ1) is 7.99. The van der Waals surface area contributed by atoms with Crippen LogP contribution in [0.2, 0.25) is 0 Å². The zero-order chi connectivity index (χ0) is 12.6. The number of rotatable bonds is 4. The van der Waals surface area contributed by atoms with Gasteiger partial charge in [-0.15, -0.1) is 0 Å². The predicted octanol–water partition coefficient (Wildman–Crippen LogP) is 0.962. The number of nitrogens with zero attached hydrogens (tertiary/aromatic N) is 1. The van der Waals surface area contributed by atoms with Crippen molar-refractivity contribution in [1.82, 2.24) is 9.55 Å². The van der Waals surface area contributed by atoms with Crippen LogP contribution < -0.4 is 11.2 Å². The van der Waals surface area contributed by atoms with Crippen LogP contribution in [-0.4, -0.2) is 14.7 Å². The average Bonchev–Trinajstić information content (AvgIpc) is 3.02. The van der Waals surface area contributed by atoms with E-state index >= 15 is 0 Å². The van der Waals surface area contributed by atoms with E-state index < -0.39 is 22.9 Å². The van der Waals surface area contributed by atoms with Crippen LogP contribution >= 0.6 is 0 Å². The molecule has 0 unspecified atom stereocenters. The molecule has 0 spiro atoms. The molecule has 6 heteroatoms. The van der Waals surface area contributed by atoms with Gasteiger partial charge in [-0.3, -0.25) is 14.3 Å². The first kappa shape index (κ1) is 11.9. The summed E-state index contributed by atoms with van der Waals surface area (Å²) in [6.45, 7) is 2.30. The minimum Gasteiger partial charge on any atom is -0.492 e. The van der Waals surface area contributed by atoms with Gasteiger partial charge in [-0.2, -0.15) is 4.39 Å². The summed E-state index contributed by atoms with van der Waals surface area (Å²) in [5, 5.41) is 9.49. The van der Waals surface area contributed by atoms with Crippen molar-refractivity contribution in [2.45, 2.75) is 39.2 Å². The molecule has 0 bridgehead atoms. The maximum absolute atomic E-state index is 13.2. The summed E-state index contributed by atoms with van der Waals surface area (Å²) in [4.78, 5) is 24.3. The number of aromatic nitrogens is 2. The van der Waals surface area contributed by atoms with Crippen LogP contribution in [0.1, 0.15) is 32.6 Å². The summed E-state index contributed by atoms with van der Waals surface area (Å²) in [7, 11) is 0. The van der Waals surface area contributed by atoms with Gasteiger partial charge in [0.1, 0.15) is 0 Å². The third kappa shape index (κ3) is 2.11. The Morgan fingerprint density at radius 2 is 2.12 bits per heavy atom. The summed E-state index contributed by atoms with van der Waals surface area (Å²) in [5.74, 6) is -2.15. The number of aromatic amines is 1. The van der Waals surface area contributed by atoms with Crippen LogP contribution in [0.4, 0.5) is 4.39 Å². The molecule has 2 N–H and O–H groups in total. The SMILES string of the molecule is CCCC1(Cn2c(O)c(F)c(=O)[nH]c2=O)CC1. The summed E-state index contributed by atoms with van der Waals surface area (Å²) in [6.07, 6.45) is 3.84. The second kappa shape index (κ2) is 4.01. The first-order valence-corrected chi connectivity index (χ1v) is 5.71. The molecule has 0 amide bonds. The van der Waals surface area contributed by atoms with Crippen LogP contribution in [0.5, 0.6) is 5.88 Å². The van der Waals surface area contributed by atoms with Crippen molar-refractivity contribution < 1.29 is 9.50 Å². The van der Waals surface area contributed by atoms with Gasteiger partial charge in [-0.05, 0) is 24.7 Å². The first-order valence-electron chi connectivity index (χ1n) is 5.71. The number of nitrogens with one attached hydrogen (secondary N) is 1. The van der Waals surface area contributed by atoms with Gasteiger partial charge in [-0.25, -0.2) is 4.79 Å². The molecule has 0 atom stereocenters. The summed E-state index contributed by atoms with van der Waals surface area (Å²) >= 11 is 0. The highest BCUT2D eigenvalue weighted by atomic mass is 19.1. The van der Waals surface area contributed by atoms with Crippen molar-refractivity contribution in [3.05, 3.63) is 26.7 Å². The molecule has 1 heterocycles. The fourth-order valence-corrected chi connectivity index (χ4v) is 2.21. The molecule has 1 fully saturated rings. The number of H-pyrrole nitrogens is 1. The molecule has 1 aromatic rings. The third-order valence-corrected chi connectivity index (χ3v) is 3.35. The van der Waals surface area contributed by atoms with E-state index in [4.69, 9.17) is 0 Å². The predicted molar refractivity (Wildman–Crippen MR) is 59.5 cm³/mol. The van der Waals surface area contributed by atoms with Crippen LogP contribution in [0.25, 0.3) is 0 Å². The van der Waals surface area contributed by atoms with Crippen LogP contribution in [0.15, 0.2) is 9.59 Å². The van der Waals surface area contributed by atoms with Gasteiger partial charge in [0.15, 0.2) is 0 Å². The molecule has 0 aromatic carbocycles. The molecule has 1 aliphatic carbocycles. The topological polar surface area (TPSA) is 75.1 Å². The fourth-order valence-electron chi connectivity index (χ4n) is 2.21. The lowest BCUT2D eigenvalue weighted by Gasteiger charge is -2.16. The number of aromatic hydroxyl groups is 1. The zero-order valence-corrected chi connectivity index (χ0v) is 9.62. The van der Waals surface area contributed by atoms with Crippen molar-refractivity contribution in [1.29, 1.82) is 0 Å². The molecule has 1 aromatic heterocycles. The summed E-state index contributed by atoms with van der Waals surface area (Å²) in [6, 6.07) is 0. The molecular weight excluding hydrogens is 227 g/mol. The Kier molecular flexibility index (Phi) is 2.81. The number of hydrogen-bond donors (Lipinski definition) is 2. The van der Waals surface area contributed by atoms with Crippen molar-refractivity contribution in [2.75, 3.05) is 0 Å². The van der Waals surface area contributed by atoms with E-state index in [9.17, 15) is 19.1 Å². The minimum absolute atomic E-state index is 0.0132. The molecule has 2 rings (SSSR count). The number of halogens is 1. The standard InChI is InChI=1S/C11H15FN2O3/c1-2-3-11(4-5-11)6-14-9(16)7(12)8(15)13-10(14)17/h16H,2-6H2,1H3,(H,13,15,17). The van der Waals surface area contributed by atoms with Gasteiger partial charge in [-0.1, -0.05) is 13.3 Å². The Balaban J connectivity index is 2.37. The average molecular weight is 242 g/mol. The molecule has 1 saturated carbocycles. The molecule has 0 saturated heterocycles. The van der Waals surface area contributed by atoms with E-state index in [1.165, 1.54) is 0 Å². The van der Waals surface area contributed by atoms with E-state index in [-0.39, 0.29) is 12.0 Å². The summed E-state index contributed by atoms with van der Waals surface area (Å²) in [5.41, 5.74) is -1.94. The van der Waals surface area contributed by atoms with Gasteiger partial charge in [0.05, 0.1) is 0 Å². The monoisotopic (exact) mass is 242 g/mol. The van der Waals surface area contributed by atoms with Crippen molar-refractivity contribution in [2.24, 2.45) is 5.41 Å². The quantitative estimate of drug-likeness (QED) is 0.825. The van der Waals surface area contributed by atoms with Crippen molar-refractivity contribution in [3.63, 3.8) is 0 Å². The highest BCUT2D eigenvalue weighted by Crippen LogP contribution is 2.51. The van der Waals surface area contributed by atoms with Gasteiger partial charge in [0.25, 0.3) is 5.56 Å². The van der Waals surface area contributed by atoms with Gasteiger partial charge >= 0.3 is 5.69 Å². The van der Waals surface area contributed by atoms with Gasteiger partial charge < -0.3 is 5.11 Å². The molecule has 17 heavy (non-hydrogen) atoms. The Bertz CT molecular complexity index is 543. The molecule has 1 aliphatic rings. The number of hydrogen-bond acceptors (Lipinski definition) is 3. The smallest absolute Gasteiger partial charge is 0.331 e. The minimum atomic E-state index is -1.29. The van der Waals surface area contributed by atoms with E-state index in [2.05, 4.69) is 0 Å². The summed E-state index contributed by atoms with van der Waals surface area (Å²) < 4.78 is 14.1. The third-order valence-electron chi connectivity index (χ3n) is 3.35. The van der Waals surface area contributed by atoms with Crippen molar-refractivity contribution in [3.8, 4) is 5.88 Å². The largest absolute Gasteiger partial charge is 0.492 e. The highest BCUT2D eigenvalue weighted by molar-refractivity contribution is 5.11. The van der Waals surface area contributed by atoms with Gasteiger partial charge in [0.2, 0.25) is 11.7 Å². The van der Waals surface area contributed by atoms with E-state index in [1.54, 1.807) is 0 Å². The Morgan fingerprint density at radius 3 is 2.65 bits per heavy atom. The molecular formula is C11H15FN2O3. The van der Waals surface area contributed by atoms with E-state index in [0.717, 1.165) is 30.3 Å². The highest BCUT2D eigenvalue weighted by Gasteiger charge is 2.42. The molecule has 94 valence electrons. The van der Waals surface area contributed by atoms with Crippen LogP contribution in [0, 0.1) is 11.2 Å². The van der Waals surface area contributed by atoms with Crippen LogP contribution in [0.3, 0.4) is 0 Å². The second-order valence-electron chi connectivity index (χ2n) is 4.73. The zero-order valence-electron chi connectivity index (χ0n) is 9.62. The molecule has 0 aliphatic heterocycles. The van der Waals surface area contributed by atoms with Gasteiger partial charge in [0, 0.05) is 6.54 Å². The lowest BCUT2D eigenvalue weighted by atomic mass is 10.0.